The molecule has 1 atom stereocenters. The Hall–Kier alpha value is -2.48. The van der Waals surface area contributed by atoms with Gasteiger partial charge in [0.15, 0.2) is 5.78 Å². The predicted molar refractivity (Wildman–Crippen MR) is 98.2 cm³/mol. The van der Waals surface area contributed by atoms with Gasteiger partial charge < -0.3 is 0 Å². The van der Waals surface area contributed by atoms with Gasteiger partial charge >= 0.3 is 0 Å². The average molecular weight is 315 g/mol. The Balaban J connectivity index is 2.03. The van der Waals surface area contributed by atoms with Crippen LogP contribution in [0.15, 0.2) is 54.6 Å². The van der Waals surface area contributed by atoms with Gasteiger partial charge in [-0.3, -0.25) is 9.78 Å². The van der Waals surface area contributed by atoms with Crippen molar-refractivity contribution < 1.29 is 4.79 Å². The average Bonchev–Trinajstić information content (AvgIpc) is 2.60. The number of hydrogen-bond donors (Lipinski definition) is 0. The lowest BCUT2D eigenvalue weighted by Crippen LogP contribution is -2.25. The van der Waals surface area contributed by atoms with E-state index in [1.807, 2.05) is 36.4 Å². The Labute approximate surface area is 142 Å². The van der Waals surface area contributed by atoms with E-state index in [0.29, 0.717) is 18.3 Å². The summed E-state index contributed by atoms with van der Waals surface area (Å²) in [4.78, 5) is 17.9. The molecule has 0 N–H and O–H groups in total. The van der Waals surface area contributed by atoms with Gasteiger partial charge in [-0.15, -0.1) is 0 Å². The standard InChI is InChI=1S/C22H21NO/c1-14(2)16-12-19-22(20(24)13-16)21(15-8-4-3-5-9-15)17-10-6-7-11-18(17)23-19/h3-11,14,16H,12-13H2,1-2H3. The SMILES string of the molecule is CC(C)C1CC(=O)c2c(nc3ccccc3c2-c2ccccc2)C1. The molecule has 1 aliphatic rings. The summed E-state index contributed by atoms with van der Waals surface area (Å²) in [5, 5.41) is 1.07. The first-order chi connectivity index (χ1) is 11.6. The molecule has 4 rings (SSSR count). The Bertz CT molecular complexity index is 912. The summed E-state index contributed by atoms with van der Waals surface area (Å²) in [6.45, 7) is 4.39. The van der Waals surface area contributed by atoms with Gasteiger partial charge in [0, 0.05) is 22.9 Å². The van der Waals surface area contributed by atoms with Crippen LogP contribution in [0.3, 0.4) is 0 Å². The molecule has 2 heteroatoms. The van der Waals surface area contributed by atoms with Crippen LogP contribution in [0.5, 0.6) is 0 Å². The maximum Gasteiger partial charge on any atom is 0.165 e. The van der Waals surface area contributed by atoms with E-state index in [0.717, 1.165) is 39.7 Å². The van der Waals surface area contributed by atoms with Gasteiger partial charge in [0.25, 0.3) is 0 Å². The lowest BCUT2D eigenvalue weighted by atomic mass is 9.77. The van der Waals surface area contributed by atoms with Crippen molar-refractivity contribution in [3.63, 3.8) is 0 Å². The summed E-state index contributed by atoms with van der Waals surface area (Å²) in [6, 6.07) is 18.4. The molecule has 0 saturated heterocycles. The number of hydrogen-bond acceptors (Lipinski definition) is 2. The molecule has 0 fully saturated rings. The summed E-state index contributed by atoms with van der Waals surface area (Å²) < 4.78 is 0. The fraction of sp³-hybridized carbons (Fsp3) is 0.273. The molecule has 1 aliphatic carbocycles. The zero-order valence-electron chi connectivity index (χ0n) is 14.1. The van der Waals surface area contributed by atoms with Crippen molar-refractivity contribution in [2.24, 2.45) is 11.8 Å². The van der Waals surface area contributed by atoms with E-state index in [4.69, 9.17) is 4.98 Å². The second-order valence-electron chi connectivity index (χ2n) is 7.03. The first-order valence-electron chi connectivity index (χ1n) is 8.65. The molecule has 1 heterocycles. The smallest absolute Gasteiger partial charge is 0.165 e. The number of ketones is 1. The molecular formula is C22H21NO. The molecule has 0 amide bonds. The third-order valence-electron chi connectivity index (χ3n) is 5.15. The van der Waals surface area contributed by atoms with Gasteiger partial charge in [-0.25, -0.2) is 0 Å². The van der Waals surface area contributed by atoms with Gasteiger partial charge in [0.1, 0.15) is 0 Å². The van der Waals surface area contributed by atoms with Crippen LogP contribution < -0.4 is 0 Å². The molecule has 0 aliphatic heterocycles. The van der Waals surface area contributed by atoms with Gasteiger partial charge in [-0.2, -0.15) is 0 Å². The van der Waals surface area contributed by atoms with Gasteiger partial charge in [0.05, 0.1) is 11.2 Å². The maximum absolute atomic E-state index is 13.0. The predicted octanol–water partition coefficient (Wildman–Crippen LogP) is 5.30. The van der Waals surface area contributed by atoms with Crippen LogP contribution in [0, 0.1) is 11.8 Å². The van der Waals surface area contributed by atoms with Crippen molar-refractivity contribution >= 4 is 16.7 Å². The molecule has 3 aromatic rings. The molecule has 120 valence electrons. The molecule has 2 nitrogen and oxygen atoms in total. The fourth-order valence-corrected chi connectivity index (χ4v) is 3.75. The number of carbonyl (C=O) groups is 1. The van der Waals surface area contributed by atoms with Crippen LogP contribution in [0.2, 0.25) is 0 Å². The largest absolute Gasteiger partial charge is 0.294 e. The van der Waals surface area contributed by atoms with Crippen molar-refractivity contribution in [2.45, 2.75) is 26.7 Å². The van der Waals surface area contributed by atoms with E-state index in [-0.39, 0.29) is 5.78 Å². The van der Waals surface area contributed by atoms with E-state index in [1.165, 1.54) is 0 Å². The monoisotopic (exact) mass is 315 g/mol. The van der Waals surface area contributed by atoms with Crippen LogP contribution in [0.25, 0.3) is 22.0 Å². The van der Waals surface area contributed by atoms with Crippen molar-refractivity contribution in [1.29, 1.82) is 0 Å². The Morgan fingerprint density at radius 2 is 1.62 bits per heavy atom. The Morgan fingerprint density at radius 3 is 2.38 bits per heavy atom. The fourth-order valence-electron chi connectivity index (χ4n) is 3.75. The van der Waals surface area contributed by atoms with Crippen LogP contribution in [0.1, 0.15) is 36.3 Å². The molecule has 0 radical (unpaired) electrons. The summed E-state index contributed by atoms with van der Waals surface area (Å²) in [6.07, 6.45) is 1.52. The molecule has 0 saturated carbocycles. The van der Waals surface area contributed by atoms with E-state index in [1.54, 1.807) is 0 Å². The number of rotatable bonds is 2. The van der Waals surface area contributed by atoms with Crippen molar-refractivity contribution in [3.8, 4) is 11.1 Å². The maximum atomic E-state index is 13.0. The highest BCUT2D eigenvalue weighted by molar-refractivity contribution is 6.11. The number of aromatic nitrogens is 1. The topological polar surface area (TPSA) is 30.0 Å². The van der Waals surface area contributed by atoms with Crippen molar-refractivity contribution in [1.82, 2.24) is 4.98 Å². The van der Waals surface area contributed by atoms with Crippen LogP contribution in [0.4, 0.5) is 0 Å². The highest BCUT2D eigenvalue weighted by Crippen LogP contribution is 2.39. The molecular weight excluding hydrogens is 294 g/mol. The van der Waals surface area contributed by atoms with E-state index >= 15 is 0 Å². The Kier molecular flexibility index (Phi) is 3.68. The minimum Gasteiger partial charge on any atom is -0.294 e. The minimum absolute atomic E-state index is 0.243. The third kappa shape index (κ3) is 2.43. The second kappa shape index (κ2) is 5.86. The molecule has 1 aromatic heterocycles. The number of pyridine rings is 1. The van der Waals surface area contributed by atoms with Gasteiger partial charge in [-0.05, 0) is 29.9 Å². The number of carbonyl (C=O) groups excluding carboxylic acids is 1. The van der Waals surface area contributed by atoms with Crippen LogP contribution >= 0.6 is 0 Å². The van der Waals surface area contributed by atoms with Crippen molar-refractivity contribution in [3.05, 3.63) is 65.9 Å². The lowest BCUT2D eigenvalue weighted by molar-refractivity contribution is 0.0932. The van der Waals surface area contributed by atoms with Gasteiger partial charge in [-0.1, -0.05) is 62.4 Å². The number of fused-ring (bicyclic) bond motifs is 2. The zero-order valence-corrected chi connectivity index (χ0v) is 14.1. The number of para-hydroxylation sites is 1. The molecule has 2 aromatic carbocycles. The van der Waals surface area contributed by atoms with E-state index in [2.05, 4.69) is 32.0 Å². The first kappa shape index (κ1) is 15.1. The molecule has 0 bridgehead atoms. The first-order valence-corrected chi connectivity index (χ1v) is 8.65. The summed E-state index contributed by atoms with van der Waals surface area (Å²) >= 11 is 0. The van der Waals surface area contributed by atoms with Crippen molar-refractivity contribution in [2.75, 3.05) is 0 Å². The summed E-state index contributed by atoms with van der Waals surface area (Å²) in [7, 11) is 0. The van der Waals surface area contributed by atoms with E-state index < -0.39 is 0 Å². The normalized spacial score (nSPS) is 17.3. The van der Waals surface area contributed by atoms with Crippen LogP contribution in [-0.4, -0.2) is 10.8 Å². The third-order valence-corrected chi connectivity index (χ3v) is 5.15. The highest BCUT2D eigenvalue weighted by Gasteiger charge is 2.31. The molecule has 1 unspecified atom stereocenters. The zero-order chi connectivity index (χ0) is 16.7. The summed E-state index contributed by atoms with van der Waals surface area (Å²) in [5.74, 6) is 1.13. The number of benzene rings is 2. The number of nitrogens with zero attached hydrogens (tertiary/aromatic N) is 1. The lowest BCUT2D eigenvalue weighted by Gasteiger charge is -2.28. The van der Waals surface area contributed by atoms with Crippen LogP contribution in [-0.2, 0) is 6.42 Å². The molecule has 24 heavy (non-hydrogen) atoms. The minimum atomic E-state index is 0.243. The van der Waals surface area contributed by atoms with Gasteiger partial charge in [0.2, 0.25) is 0 Å². The Morgan fingerprint density at radius 1 is 0.917 bits per heavy atom. The highest BCUT2D eigenvalue weighted by atomic mass is 16.1. The van der Waals surface area contributed by atoms with E-state index in [9.17, 15) is 4.79 Å². The molecule has 0 spiro atoms. The summed E-state index contributed by atoms with van der Waals surface area (Å²) in [5.41, 5.74) is 4.96. The number of Topliss-reactive ketones (excluding diaryl/α,β-unsaturated/α-hetero) is 1. The second-order valence-corrected chi connectivity index (χ2v) is 7.03. The quantitative estimate of drug-likeness (QED) is 0.642.